The van der Waals surface area contributed by atoms with Crippen molar-refractivity contribution in [3.05, 3.63) is 64.2 Å². The van der Waals surface area contributed by atoms with Crippen molar-refractivity contribution in [1.82, 2.24) is 14.9 Å². The number of benzene rings is 2. The molecule has 1 N–H and O–H groups in total. The molecule has 1 amide bonds. The monoisotopic (exact) mass is 367 g/mol. The fourth-order valence-corrected chi connectivity index (χ4v) is 2.85. The van der Waals surface area contributed by atoms with Crippen LogP contribution < -0.4 is 20.3 Å². The van der Waals surface area contributed by atoms with Crippen molar-refractivity contribution in [2.24, 2.45) is 0 Å². The molecule has 0 saturated heterocycles. The Labute approximate surface area is 156 Å². The standard InChI is InChI=1S/C20H21N3O4/c1-13-5-4-6-16-19(13)22-12-23(20(16)25)11-18(24)21-10-14-7-8-15(26-2)9-17(14)27-3/h4-9,12H,10-11H2,1-3H3,(H,21,24). The lowest BCUT2D eigenvalue weighted by Crippen LogP contribution is -2.32. The first-order valence-corrected chi connectivity index (χ1v) is 8.46. The maximum atomic E-state index is 12.6. The number of nitrogens with one attached hydrogen (secondary N) is 1. The van der Waals surface area contributed by atoms with E-state index in [2.05, 4.69) is 10.3 Å². The number of fused-ring (bicyclic) bond motifs is 1. The first kappa shape index (κ1) is 18.4. The van der Waals surface area contributed by atoms with Crippen molar-refractivity contribution in [3.8, 4) is 11.5 Å². The molecule has 27 heavy (non-hydrogen) atoms. The first-order chi connectivity index (χ1) is 13.0. The van der Waals surface area contributed by atoms with E-state index in [9.17, 15) is 9.59 Å². The van der Waals surface area contributed by atoms with Gasteiger partial charge in [0.25, 0.3) is 5.56 Å². The molecule has 0 fully saturated rings. The molecule has 0 atom stereocenters. The number of aryl methyl sites for hydroxylation is 1. The summed E-state index contributed by atoms with van der Waals surface area (Å²) in [5.41, 5.74) is 2.15. The summed E-state index contributed by atoms with van der Waals surface area (Å²) in [6.07, 6.45) is 1.41. The van der Waals surface area contributed by atoms with Gasteiger partial charge in [-0.1, -0.05) is 12.1 Å². The molecule has 0 bridgehead atoms. The van der Waals surface area contributed by atoms with E-state index in [1.165, 1.54) is 10.9 Å². The second-order valence-corrected chi connectivity index (χ2v) is 6.10. The molecule has 0 saturated carbocycles. The number of nitrogens with zero attached hydrogens (tertiary/aromatic N) is 2. The first-order valence-electron chi connectivity index (χ1n) is 8.46. The van der Waals surface area contributed by atoms with E-state index >= 15 is 0 Å². The van der Waals surface area contributed by atoms with Crippen LogP contribution >= 0.6 is 0 Å². The molecule has 0 aliphatic rings. The van der Waals surface area contributed by atoms with Crippen LogP contribution in [0.3, 0.4) is 0 Å². The third kappa shape index (κ3) is 3.92. The average Bonchev–Trinajstić information content (AvgIpc) is 2.69. The lowest BCUT2D eigenvalue weighted by Gasteiger charge is -2.12. The molecule has 0 spiro atoms. The highest BCUT2D eigenvalue weighted by Gasteiger charge is 2.11. The van der Waals surface area contributed by atoms with Crippen LogP contribution in [0.5, 0.6) is 11.5 Å². The van der Waals surface area contributed by atoms with Crippen molar-refractivity contribution in [3.63, 3.8) is 0 Å². The molecule has 0 aliphatic carbocycles. The van der Waals surface area contributed by atoms with Crippen LogP contribution in [0.2, 0.25) is 0 Å². The quantitative estimate of drug-likeness (QED) is 0.721. The van der Waals surface area contributed by atoms with Gasteiger partial charge in [-0.25, -0.2) is 4.98 Å². The Balaban J connectivity index is 1.73. The van der Waals surface area contributed by atoms with E-state index < -0.39 is 0 Å². The molecule has 1 heterocycles. The van der Waals surface area contributed by atoms with Gasteiger partial charge in [0.1, 0.15) is 18.0 Å². The number of hydrogen-bond donors (Lipinski definition) is 1. The number of para-hydroxylation sites is 1. The smallest absolute Gasteiger partial charge is 0.261 e. The lowest BCUT2D eigenvalue weighted by atomic mass is 10.1. The van der Waals surface area contributed by atoms with Gasteiger partial charge in [-0.2, -0.15) is 0 Å². The zero-order chi connectivity index (χ0) is 19.4. The average molecular weight is 367 g/mol. The largest absolute Gasteiger partial charge is 0.497 e. The van der Waals surface area contributed by atoms with Crippen molar-refractivity contribution < 1.29 is 14.3 Å². The van der Waals surface area contributed by atoms with Crippen LogP contribution in [0.1, 0.15) is 11.1 Å². The maximum Gasteiger partial charge on any atom is 0.261 e. The number of amides is 1. The normalized spacial score (nSPS) is 10.6. The SMILES string of the molecule is COc1ccc(CNC(=O)Cn2cnc3c(C)cccc3c2=O)c(OC)c1. The zero-order valence-electron chi connectivity index (χ0n) is 15.5. The van der Waals surface area contributed by atoms with Gasteiger partial charge in [0.05, 0.1) is 31.4 Å². The molecule has 3 aromatic rings. The third-order valence-corrected chi connectivity index (χ3v) is 4.34. The zero-order valence-corrected chi connectivity index (χ0v) is 15.5. The van der Waals surface area contributed by atoms with E-state index in [4.69, 9.17) is 9.47 Å². The molecule has 0 unspecified atom stereocenters. The second kappa shape index (κ2) is 7.90. The fraction of sp³-hybridized carbons (Fsp3) is 0.250. The summed E-state index contributed by atoms with van der Waals surface area (Å²) in [6.45, 7) is 2.07. The van der Waals surface area contributed by atoms with Crippen LogP contribution in [0.25, 0.3) is 10.9 Å². The van der Waals surface area contributed by atoms with Gasteiger partial charge < -0.3 is 14.8 Å². The molecular formula is C20H21N3O4. The van der Waals surface area contributed by atoms with Crippen molar-refractivity contribution in [2.75, 3.05) is 14.2 Å². The van der Waals surface area contributed by atoms with E-state index in [-0.39, 0.29) is 24.6 Å². The fourth-order valence-electron chi connectivity index (χ4n) is 2.85. The summed E-state index contributed by atoms with van der Waals surface area (Å²) < 4.78 is 11.8. The predicted octanol–water partition coefficient (Wildman–Crippen LogP) is 2.04. The topological polar surface area (TPSA) is 82.5 Å². The summed E-state index contributed by atoms with van der Waals surface area (Å²) >= 11 is 0. The van der Waals surface area contributed by atoms with Crippen molar-refractivity contribution >= 4 is 16.8 Å². The van der Waals surface area contributed by atoms with Gasteiger partial charge in [-0.05, 0) is 30.7 Å². The predicted molar refractivity (Wildman–Crippen MR) is 102 cm³/mol. The molecule has 7 nitrogen and oxygen atoms in total. The van der Waals surface area contributed by atoms with Crippen LogP contribution in [-0.2, 0) is 17.9 Å². The minimum absolute atomic E-state index is 0.103. The highest BCUT2D eigenvalue weighted by molar-refractivity contribution is 5.81. The van der Waals surface area contributed by atoms with Gasteiger partial charge in [-0.15, -0.1) is 0 Å². The van der Waals surface area contributed by atoms with E-state index in [1.807, 2.05) is 19.1 Å². The molecule has 2 aromatic carbocycles. The minimum Gasteiger partial charge on any atom is -0.497 e. The third-order valence-electron chi connectivity index (χ3n) is 4.34. The minimum atomic E-state index is -0.288. The van der Waals surface area contributed by atoms with Crippen molar-refractivity contribution in [2.45, 2.75) is 20.0 Å². The van der Waals surface area contributed by atoms with Crippen LogP contribution in [-0.4, -0.2) is 29.7 Å². The number of aromatic nitrogens is 2. The Hall–Kier alpha value is -3.35. The number of rotatable bonds is 6. The number of carbonyl (C=O) groups excluding carboxylic acids is 1. The number of ether oxygens (including phenoxy) is 2. The summed E-state index contributed by atoms with van der Waals surface area (Å²) in [5.74, 6) is 1.00. The molecule has 0 radical (unpaired) electrons. The second-order valence-electron chi connectivity index (χ2n) is 6.10. The Kier molecular flexibility index (Phi) is 5.40. The van der Waals surface area contributed by atoms with Gasteiger partial charge in [-0.3, -0.25) is 14.2 Å². The van der Waals surface area contributed by atoms with Crippen LogP contribution in [0, 0.1) is 6.92 Å². The molecule has 3 rings (SSSR count). The summed E-state index contributed by atoms with van der Waals surface area (Å²) in [4.78, 5) is 29.2. The molecule has 7 heteroatoms. The van der Waals surface area contributed by atoms with Crippen molar-refractivity contribution in [1.29, 1.82) is 0 Å². The number of hydrogen-bond acceptors (Lipinski definition) is 5. The highest BCUT2D eigenvalue weighted by Crippen LogP contribution is 2.24. The van der Waals surface area contributed by atoms with E-state index in [0.29, 0.717) is 22.4 Å². The summed E-state index contributed by atoms with van der Waals surface area (Å²) in [5, 5.41) is 3.30. The Morgan fingerprint density at radius 1 is 1.19 bits per heavy atom. The van der Waals surface area contributed by atoms with Crippen LogP contribution in [0.15, 0.2) is 47.5 Å². The number of methoxy groups -OCH3 is 2. The van der Waals surface area contributed by atoms with E-state index in [1.54, 1.807) is 38.5 Å². The molecular weight excluding hydrogens is 346 g/mol. The Morgan fingerprint density at radius 3 is 2.74 bits per heavy atom. The van der Waals surface area contributed by atoms with Gasteiger partial charge in [0.2, 0.25) is 5.91 Å². The van der Waals surface area contributed by atoms with E-state index in [0.717, 1.165) is 11.1 Å². The summed E-state index contributed by atoms with van der Waals surface area (Å²) in [7, 11) is 3.13. The van der Waals surface area contributed by atoms with Gasteiger partial charge in [0.15, 0.2) is 0 Å². The molecule has 140 valence electrons. The maximum absolute atomic E-state index is 12.6. The molecule has 0 aliphatic heterocycles. The highest BCUT2D eigenvalue weighted by atomic mass is 16.5. The molecule has 1 aromatic heterocycles. The van der Waals surface area contributed by atoms with Gasteiger partial charge >= 0.3 is 0 Å². The Bertz CT molecular complexity index is 1040. The van der Waals surface area contributed by atoms with Crippen LogP contribution in [0.4, 0.5) is 0 Å². The lowest BCUT2D eigenvalue weighted by molar-refractivity contribution is -0.121. The Morgan fingerprint density at radius 2 is 2.00 bits per heavy atom. The number of carbonyl (C=O) groups is 1. The summed E-state index contributed by atoms with van der Waals surface area (Å²) in [6, 6.07) is 10.8. The van der Waals surface area contributed by atoms with Gasteiger partial charge in [0, 0.05) is 18.2 Å².